The first kappa shape index (κ1) is 15.8. The van der Waals surface area contributed by atoms with Crippen LogP contribution >= 0.6 is 0 Å². The number of likely N-dealkylation sites (tertiary alicyclic amines) is 1. The third kappa shape index (κ3) is 4.01. The zero-order valence-corrected chi connectivity index (χ0v) is 13.5. The van der Waals surface area contributed by atoms with Crippen molar-refractivity contribution >= 4 is 17.1 Å². The lowest BCUT2D eigenvalue weighted by Gasteiger charge is -2.32. The van der Waals surface area contributed by atoms with Crippen LogP contribution in [0.1, 0.15) is 32.1 Å². The van der Waals surface area contributed by atoms with Crippen molar-refractivity contribution in [3.63, 3.8) is 0 Å². The number of urea groups is 1. The molecule has 0 radical (unpaired) electrons. The number of nitrogens with one attached hydrogen (secondary N) is 1. The van der Waals surface area contributed by atoms with E-state index >= 15 is 0 Å². The zero-order chi connectivity index (χ0) is 16.1. The van der Waals surface area contributed by atoms with Crippen molar-refractivity contribution in [1.29, 1.82) is 0 Å². The molecule has 1 fully saturated rings. The van der Waals surface area contributed by atoms with E-state index in [1.54, 1.807) is 0 Å². The van der Waals surface area contributed by atoms with Gasteiger partial charge in [0.15, 0.2) is 5.58 Å². The van der Waals surface area contributed by atoms with E-state index in [2.05, 4.69) is 17.2 Å². The third-order valence-corrected chi connectivity index (χ3v) is 3.95. The Morgan fingerprint density at radius 1 is 1.48 bits per heavy atom. The van der Waals surface area contributed by atoms with Crippen molar-refractivity contribution in [2.24, 2.45) is 0 Å². The Morgan fingerprint density at radius 2 is 2.35 bits per heavy atom. The van der Waals surface area contributed by atoms with Crippen molar-refractivity contribution in [1.82, 2.24) is 15.2 Å². The highest BCUT2D eigenvalue weighted by Crippen LogP contribution is 2.16. The van der Waals surface area contributed by atoms with Gasteiger partial charge in [-0.05, 0) is 31.4 Å². The maximum absolute atomic E-state index is 12.3. The lowest BCUT2D eigenvalue weighted by atomic mass is 10.1. The van der Waals surface area contributed by atoms with E-state index < -0.39 is 0 Å². The second kappa shape index (κ2) is 7.46. The van der Waals surface area contributed by atoms with E-state index in [1.165, 1.54) is 0 Å². The number of benzene rings is 1. The number of amides is 2. The molecule has 0 saturated carbocycles. The Labute approximate surface area is 135 Å². The van der Waals surface area contributed by atoms with Gasteiger partial charge in [0.2, 0.25) is 5.89 Å². The van der Waals surface area contributed by atoms with Crippen molar-refractivity contribution in [2.45, 2.75) is 38.8 Å². The lowest BCUT2D eigenvalue weighted by molar-refractivity contribution is 0.00996. The van der Waals surface area contributed by atoms with Gasteiger partial charge >= 0.3 is 6.03 Å². The zero-order valence-electron chi connectivity index (χ0n) is 13.5. The topological polar surface area (TPSA) is 67.6 Å². The maximum atomic E-state index is 12.3. The fourth-order valence-electron chi connectivity index (χ4n) is 2.80. The van der Waals surface area contributed by atoms with Gasteiger partial charge in [-0.1, -0.05) is 19.1 Å². The lowest BCUT2D eigenvalue weighted by Crippen LogP contribution is -2.47. The van der Waals surface area contributed by atoms with Crippen LogP contribution < -0.4 is 5.32 Å². The summed E-state index contributed by atoms with van der Waals surface area (Å²) < 4.78 is 11.4. The second-order valence-electron chi connectivity index (χ2n) is 5.82. The number of oxazole rings is 1. The number of nitrogens with zero attached hydrogens (tertiary/aromatic N) is 2. The molecule has 1 N–H and O–H groups in total. The van der Waals surface area contributed by atoms with Gasteiger partial charge < -0.3 is 19.4 Å². The van der Waals surface area contributed by atoms with Gasteiger partial charge in [0.05, 0.1) is 12.6 Å². The summed E-state index contributed by atoms with van der Waals surface area (Å²) >= 11 is 0. The molecule has 0 aliphatic carbocycles. The smallest absolute Gasteiger partial charge is 0.317 e. The number of fused-ring (bicyclic) bond motifs is 1. The highest BCUT2D eigenvalue weighted by atomic mass is 16.5. The van der Waals surface area contributed by atoms with Gasteiger partial charge in [0.25, 0.3) is 0 Å². The fraction of sp³-hybridized carbons (Fsp3) is 0.529. The van der Waals surface area contributed by atoms with Crippen molar-refractivity contribution < 1.29 is 13.9 Å². The molecule has 1 aromatic carbocycles. The Bertz CT molecular complexity index is 622. The predicted molar refractivity (Wildman–Crippen MR) is 87.1 cm³/mol. The number of ether oxygens (including phenoxy) is 1. The van der Waals surface area contributed by atoms with E-state index in [0.717, 1.165) is 43.5 Å². The van der Waals surface area contributed by atoms with Crippen LogP contribution in [-0.2, 0) is 11.3 Å². The summed E-state index contributed by atoms with van der Waals surface area (Å²) in [6.07, 6.45) is 3.15. The van der Waals surface area contributed by atoms with E-state index in [-0.39, 0.29) is 12.1 Å². The summed E-state index contributed by atoms with van der Waals surface area (Å²) in [5, 5.41) is 2.88. The monoisotopic (exact) mass is 317 g/mol. The highest BCUT2D eigenvalue weighted by molar-refractivity contribution is 5.75. The third-order valence-electron chi connectivity index (χ3n) is 3.95. The molecular formula is C17H23N3O3. The van der Waals surface area contributed by atoms with E-state index in [1.807, 2.05) is 29.2 Å². The first-order valence-corrected chi connectivity index (χ1v) is 8.25. The van der Waals surface area contributed by atoms with Crippen molar-refractivity contribution in [3.05, 3.63) is 30.2 Å². The van der Waals surface area contributed by atoms with Gasteiger partial charge in [0.1, 0.15) is 5.52 Å². The van der Waals surface area contributed by atoms with Crippen LogP contribution in [0.25, 0.3) is 11.1 Å². The average Bonchev–Trinajstić information content (AvgIpc) is 3.01. The molecule has 6 nitrogen and oxygen atoms in total. The molecule has 0 spiro atoms. The molecule has 0 bridgehead atoms. The average molecular weight is 317 g/mol. The number of carbonyl (C=O) groups is 1. The summed E-state index contributed by atoms with van der Waals surface area (Å²) in [5.74, 6) is 0.523. The quantitative estimate of drug-likeness (QED) is 0.920. The minimum absolute atomic E-state index is 0.0861. The number of hydrogen-bond acceptors (Lipinski definition) is 4. The molecule has 1 aliphatic heterocycles. The Balaban J connectivity index is 1.52. The molecule has 124 valence electrons. The molecule has 1 atom stereocenters. The van der Waals surface area contributed by atoms with Crippen LogP contribution in [0.2, 0.25) is 0 Å². The minimum atomic E-state index is -0.0861. The number of hydrogen-bond donors (Lipinski definition) is 1. The Hall–Kier alpha value is -2.08. The summed E-state index contributed by atoms with van der Waals surface area (Å²) in [6.45, 7) is 4.56. The maximum Gasteiger partial charge on any atom is 0.317 e. The van der Waals surface area contributed by atoms with Crippen LogP contribution in [-0.4, -0.2) is 41.7 Å². The summed E-state index contributed by atoms with van der Waals surface area (Å²) in [7, 11) is 0. The predicted octanol–water partition coefficient (Wildman–Crippen LogP) is 2.93. The summed E-state index contributed by atoms with van der Waals surface area (Å²) in [6, 6.07) is 7.49. The van der Waals surface area contributed by atoms with E-state index in [4.69, 9.17) is 9.15 Å². The van der Waals surface area contributed by atoms with Gasteiger partial charge in [-0.2, -0.15) is 0 Å². The highest BCUT2D eigenvalue weighted by Gasteiger charge is 2.24. The Morgan fingerprint density at radius 3 is 3.17 bits per heavy atom. The first-order valence-electron chi connectivity index (χ1n) is 8.25. The van der Waals surface area contributed by atoms with Gasteiger partial charge in [-0.15, -0.1) is 0 Å². The number of carbonyl (C=O) groups excluding carboxylic acids is 1. The van der Waals surface area contributed by atoms with Crippen LogP contribution in [0.3, 0.4) is 0 Å². The molecule has 2 amide bonds. The van der Waals surface area contributed by atoms with Crippen molar-refractivity contribution in [2.75, 3.05) is 19.7 Å². The molecule has 3 rings (SSSR count). The molecule has 1 aliphatic rings. The van der Waals surface area contributed by atoms with Crippen LogP contribution in [0.15, 0.2) is 28.7 Å². The molecular weight excluding hydrogens is 294 g/mol. The van der Waals surface area contributed by atoms with Crippen LogP contribution in [0, 0.1) is 0 Å². The molecule has 23 heavy (non-hydrogen) atoms. The van der Waals surface area contributed by atoms with Gasteiger partial charge in [-0.3, -0.25) is 0 Å². The fourth-order valence-corrected chi connectivity index (χ4v) is 2.80. The van der Waals surface area contributed by atoms with E-state index in [0.29, 0.717) is 19.0 Å². The molecule has 2 aromatic rings. The first-order chi connectivity index (χ1) is 11.3. The largest absolute Gasteiger partial charge is 0.439 e. The molecule has 2 heterocycles. The number of rotatable bonds is 5. The van der Waals surface area contributed by atoms with E-state index in [9.17, 15) is 4.79 Å². The van der Waals surface area contributed by atoms with Crippen LogP contribution in [0.4, 0.5) is 4.79 Å². The number of aromatic nitrogens is 1. The minimum Gasteiger partial charge on any atom is -0.439 e. The number of para-hydroxylation sites is 2. The SMILES string of the molecule is CCCOC1CCCN(C(=O)NCc2nc3ccccc3o2)C1. The van der Waals surface area contributed by atoms with Crippen LogP contribution in [0.5, 0.6) is 0 Å². The van der Waals surface area contributed by atoms with Crippen molar-refractivity contribution in [3.8, 4) is 0 Å². The summed E-state index contributed by atoms with van der Waals surface area (Å²) in [4.78, 5) is 18.5. The Kier molecular flexibility index (Phi) is 5.12. The molecule has 1 unspecified atom stereocenters. The molecule has 1 aromatic heterocycles. The summed E-state index contributed by atoms with van der Waals surface area (Å²) in [5.41, 5.74) is 1.55. The normalized spacial score (nSPS) is 18.3. The van der Waals surface area contributed by atoms with Gasteiger partial charge in [0, 0.05) is 19.7 Å². The van der Waals surface area contributed by atoms with Gasteiger partial charge in [-0.25, -0.2) is 9.78 Å². The second-order valence-corrected chi connectivity index (χ2v) is 5.82. The molecule has 6 heteroatoms. The standard InChI is InChI=1S/C17H23N3O3/c1-2-10-22-13-6-5-9-20(12-13)17(21)18-11-16-19-14-7-3-4-8-15(14)23-16/h3-4,7-8,13H,2,5-6,9-12H2,1H3,(H,18,21). The molecule has 1 saturated heterocycles. The number of piperidine rings is 1.